The second-order valence-electron chi connectivity index (χ2n) is 8.28. The Kier molecular flexibility index (Phi) is 6.40. The molecule has 0 radical (unpaired) electrons. The summed E-state index contributed by atoms with van der Waals surface area (Å²) >= 11 is 0. The van der Waals surface area contributed by atoms with Gasteiger partial charge in [0.15, 0.2) is 0 Å². The van der Waals surface area contributed by atoms with E-state index in [0.717, 1.165) is 27.6 Å². The van der Waals surface area contributed by atoms with Gasteiger partial charge in [-0.1, -0.05) is 78.4 Å². The van der Waals surface area contributed by atoms with Gasteiger partial charge in [0.05, 0.1) is 11.8 Å². The molecule has 1 aromatic heterocycles. The fourth-order valence-corrected chi connectivity index (χ4v) is 3.96. The van der Waals surface area contributed by atoms with Crippen LogP contribution in [0.2, 0.25) is 0 Å². The van der Waals surface area contributed by atoms with E-state index in [0.29, 0.717) is 22.6 Å². The summed E-state index contributed by atoms with van der Waals surface area (Å²) in [5, 5.41) is 5.09. The number of nitrogens with zero attached hydrogens (tertiary/aromatic N) is 1. The highest BCUT2D eigenvalue weighted by Gasteiger charge is 2.19. The molecule has 0 bridgehead atoms. The maximum absolute atomic E-state index is 13.1. The Hall–Kier alpha value is -4.97. The first-order chi connectivity index (χ1) is 17.6. The number of carbonyl (C=O) groups is 2. The second kappa shape index (κ2) is 10.1. The Morgan fingerprint density at radius 2 is 1.53 bits per heavy atom. The van der Waals surface area contributed by atoms with Crippen LogP contribution in [0.25, 0.3) is 22.0 Å². The molecular weight excluding hydrogens is 450 g/mol. The van der Waals surface area contributed by atoms with Gasteiger partial charge in [-0.05, 0) is 42.8 Å². The molecule has 1 amide bonds. The second-order valence-corrected chi connectivity index (χ2v) is 8.28. The number of rotatable bonds is 6. The SMILES string of the molecule is Cc1ccc(C(=O)Oc2ccccc2C=NNC(=O)c2[nH]c3ccccc3c2-c2ccccc2)cc1. The molecule has 5 aromatic rings. The lowest BCUT2D eigenvalue weighted by atomic mass is 10.0. The van der Waals surface area contributed by atoms with Gasteiger partial charge < -0.3 is 9.72 Å². The van der Waals surface area contributed by atoms with E-state index < -0.39 is 5.97 Å². The van der Waals surface area contributed by atoms with Crippen LogP contribution in [0, 0.1) is 6.92 Å². The molecule has 6 nitrogen and oxygen atoms in total. The van der Waals surface area contributed by atoms with Crippen molar-refractivity contribution in [2.24, 2.45) is 5.10 Å². The summed E-state index contributed by atoms with van der Waals surface area (Å²) in [5.74, 6) is -0.502. The number of benzene rings is 4. The first-order valence-electron chi connectivity index (χ1n) is 11.5. The fourth-order valence-electron chi connectivity index (χ4n) is 3.96. The molecule has 5 rings (SSSR count). The van der Waals surface area contributed by atoms with Gasteiger partial charge in [0, 0.05) is 22.0 Å². The topological polar surface area (TPSA) is 83.5 Å². The van der Waals surface area contributed by atoms with E-state index in [1.165, 1.54) is 6.21 Å². The van der Waals surface area contributed by atoms with Crippen molar-refractivity contribution >= 4 is 29.0 Å². The van der Waals surface area contributed by atoms with Gasteiger partial charge in [-0.25, -0.2) is 10.2 Å². The summed E-state index contributed by atoms with van der Waals surface area (Å²) in [6.07, 6.45) is 1.46. The predicted molar refractivity (Wildman–Crippen MR) is 141 cm³/mol. The number of hydrogen-bond acceptors (Lipinski definition) is 4. The number of aromatic nitrogens is 1. The molecular formula is C30H23N3O3. The molecule has 1 heterocycles. The molecule has 0 unspecified atom stereocenters. The average Bonchev–Trinajstić information content (AvgIpc) is 3.30. The third-order valence-corrected chi connectivity index (χ3v) is 5.77. The number of nitrogens with one attached hydrogen (secondary N) is 2. The number of esters is 1. The average molecular weight is 474 g/mol. The standard InChI is InChI=1S/C30H23N3O3/c1-20-15-17-22(18-16-20)30(35)36-26-14-8-5-11-23(26)19-31-33-29(34)28-27(21-9-3-2-4-10-21)24-12-6-7-13-25(24)32-28/h2-19,32H,1H3,(H,33,34). The van der Waals surface area contributed by atoms with Gasteiger partial charge in [0.25, 0.3) is 5.91 Å². The van der Waals surface area contributed by atoms with E-state index >= 15 is 0 Å². The Morgan fingerprint density at radius 3 is 2.33 bits per heavy atom. The number of fused-ring (bicyclic) bond motifs is 1. The normalized spacial score (nSPS) is 11.0. The molecule has 0 aliphatic rings. The largest absolute Gasteiger partial charge is 0.422 e. The highest BCUT2D eigenvalue weighted by atomic mass is 16.5. The smallest absolute Gasteiger partial charge is 0.343 e. The van der Waals surface area contributed by atoms with E-state index in [1.54, 1.807) is 36.4 Å². The number of hydrogen-bond donors (Lipinski definition) is 2. The van der Waals surface area contributed by atoms with Gasteiger partial charge in [-0.2, -0.15) is 5.10 Å². The lowest BCUT2D eigenvalue weighted by Crippen LogP contribution is -2.19. The number of aryl methyl sites for hydroxylation is 1. The molecule has 36 heavy (non-hydrogen) atoms. The quantitative estimate of drug-likeness (QED) is 0.135. The van der Waals surface area contributed by atoms with Crippen molar-refractivity contribution in [3.8, 4) is 16.9 Å². The van der Waals surface area contributed by atoms with Crippen molar-refractivity contribution in [2.75, 3.05) is 0 Å². The minimum absolute atomic E-state index is 0.344. The van der Waals surface area contributed by atoms with Crippen LogP contribution in [-0.2, 0) is 0 Å². The number of aromatic amines is 1. The predicted octanol–water partition coefficient (Wildman–Crippen LogP) is 6.13. The monoisotopic (exact) mass is 473 g/mol. The lowest BCUT2D eigenvalue weighted by molar-refractivity contribution is 0.0734. The molecule has 0 fully saturated rings. The minimum atomic E-state index is -0.467. The zero-order valence-corrected chi connectivity index (χ0v) is 19.6. The maximum Gasteiger partial charge on any atom is 0.343 e. The Labute approximate surface area is 208 Å². The molecule has 0 aliphatic heterocycles. The molecule has 0 atom stereocenters. The van der Waals surface area contributed by atoms with Crippen molar-refractivity contribution in [1.29, 1.82) is 0 Å². The summed E-state index contributed by atoms with van der Waals surface area (Å²) in [6.45, 7) is 1.95. The van der Waals surface area contributed by atoms with Gasteiger partial charge in [0.2, 0.25) is 0 Å². The van der Waals surface area contributed by atoms with Gasteiger partial charge in [0.1, 0.15) is 11.4 Å². The molecule has 6 heteroatoms. The van der Waals surface area contributed by atoms with E-state index in [9.17, 15) is 9.59 Å². The fraction of sp³-hybridized carbons (Fsp3) is 0.0333. The van der Waals surface area contributed by atoms with Crippen molar-refractivity contribution in [3.63, 3.8) is 0 Å². The molecule has 0 saturated heterocycles. The summed E-state index contributed by atoms with van der Waals surface area (Å²) in [5.41, 5.74) is 7.67. The third-order valence-electron chi connectivity index (χ3n) is 5.77. The summed E-state index contributed by atoms with van der Waals surface area (Å²) < 4.78 is 5.58. The number of carbonyl (C=O) groups excluding carboxylic acids is 2. The number of ether oxygens (including phenoxy) is 1. The Morgan fingerprint density at radius 1 is 0.833 bits per heavy atom. The van der Waals surface area contributed by atoms with Gasteiger partial charge >= 0.3 is 5.97 Å². The van der Waals surface area contributed by atoms with Crippen LogP contribution in [0.3, 0.4) is 0 Å². The van der Waals surface area contributed by atoms with Crippen molar-refractivity contribution < 1.29 is 14.3 Å². The van der Waals surface area contributed by atoms with Crippen LogP contribution in [0.4, 0.5) is 0 Å². The minimum Gasteiger partial charge on any atom is -0.422 e. The van der Waals surface area contributed by atoms with E-state index in [-0.39, 0.29) is 5.91 Å². The summed E-state index contributed by atoms with van der Waals surface area (Å²) in [4.78, 5) is 28.9. The number of hydrazone groups is 1. The van der Waals surface area contributed by atoms with Crippen LogP contribution < -0.4 is 10.2 Å². The zero-order chi connectivity index (χ0) is 24.9. The molecule has 0 saturated carbocycles. The van der Waals surface area contributed by atoms with Crippen LogP contribution >= 0.6 is 0 Å². The van der Waals surface area contributed by atoms with Gasteiger partial charge in [-0.3, -0.25) is 4.79 Å². The maximum atomic E-state index is 13.1. The van der Waals surface area contributed by atoms with Crippen LogP contribution in [0.5, 0.6) is 5.75 Å². The van der Waals surface area contributed by atoms with Crippen molar-refractivity contribution in [1.82, 2.24) is 10.4 Å². The summed E-state index contributed by atoms with van der Waals surface area (Å²) in [7, 11) is 0. The number of amides is 1. The highest BCUT2D eigenvalue weighted by Crippen LogP contribution is 2.32. The first-order valence-corrected chi connectivity index (χ1v) is 11.5. The van der Waals surface area contributed by atoms with E-state index in [4.69, 9.17) is 4.74 Å². The Bertz CT molecular complexity index is 1570. The van der Waals surface area contributed by atoms with Crippen molar-refractivity contribution in [3.05, 3.63) is 126 Å². The van der Waals surface area contributed by atoms with E-state index in [1.807, 2.05) is 73.7 Å². The highest BCUT2D eigenvalue weighted by molar-refractivity contribution is 6.09. The van der Waals surface area contributed by atoms with Crippen LogP contribution in [0.15, 0.2) is 108 Å². The summed E-state index contributed by atoms with van der Waals surface area (Å²) in [6, 6.07) is 31.7. The molecule has 0 aliphatic carbocycles. The molecule has 176 valence electrons. The number of H-pyrrole nitrogens is 1. The van der Waals surface area contributed by atoms with Crippen LogP contribution in [-0.4, -0.2) is 23.1 Å². The van der Waals surface area contributed by atoms with Crippen LogP contribution in [0.1, 0.15) is 32.0 Å². The lowest BCUT2D eigenvalue weighted by Gasteiger charge is -2.08. The van der Waals surface area contributed by atoms with Crippen molar-refractivity contribution in [2.45, 2.75) is 6.92 Å². The van der Waals surface area contributed by atoms with E-state index in [2.05, 4.69) is 15.5 Å². The molecule has 0 spiro atoms. The molecule has 4 aromatic carbocycles. The number of para-hydroxylation sites is 2. The Balaban J connectivity index is 1.37. The zero-order valence-electron chi connectivity index (χ0n) is 19.6. The third kappa shape index (κ3) is 4.79. The first kappa shape index (κ1) is 22.8. The molecule has 2 N–H and O–H groups in total. The van der Waals surface area contributed by atoms with Gasteiger partial charge in [-0.15, -0.1) is 0 Å².